The second-order valence-corrected chi connectivity index (χ2v) is 9.85. The van der Waals surface area contributed by atoms with Crippen molar-refractivity contribution in [2.24, 2.45) is 0 Å². The smallest absolute Gasteiger partial charge is 0.410 e. The van der Waals surface area contributed by atoms with Gasteiger partial charge in [0.05, 0.1) is 19.4 Å². The molecule has 3 aliphatic rings. The van der Waals surface area contributed by atoms with Crippen molar-refractivity contribution in [2.75, 3.05) is 26.3 Å². The minimum absolute atomic E-state index is 0.0407. The molecule has 2 aromatic heterocycles. The molecule has 8 heteroatoms. The van der Waals surface area contributed by atoms with E-state index in [0.29, 0.717) is 45.6 Å². The van der Waals surface area contributed by atoms with Gasteiger partial charge in [-0.2, -0.15) is 0 Å². The van der Waals surface area contributed by atoms with Crippen LogP contribution in [0.5, 0.6) is 0 Å². The third-order valence-electron chi connectivity index (χ3n) is 6.58. The average molecular weight is 432 g/mol. The second-order valence-electron chi connectivity index (χ2n) is 9.85. The van der Waals surface area contributed by atoms with Gasteiger partial charge in [0.15, 0.2) is 5.79 Å². The van der Waals surface area contributed by atoms with Gasteiger partial charge in [-0.05, 0) is 51.5 Å². The second kappa shape index (κ2) is 7.45. The Hall–Kier alpha value is -2.19. The summed E-state index contributed by atoms with van der Waals surface area (Å²) in [6.45, 7) is 7.93. The monoisotopic (exact) mass is 431 g/mol. The average Bonchev–Trinajstić information content (AvgIpc) is 3.31. The van der Waals surface area contributed by atoms with Crippen LogP contribution in [0, 0.1) is 5.82 Å². The quantitative estimate of drug-likeness (QED) is 0.737. The molecule has 1 aliphatic carbocycles. The zero-order valence-electron chi connectivity index (χ0n) is 18.4. The highest BCUT2D eigenvalue weighted by Crippen LogP contribution is 2.42. The van der Waals surface area contributed by atoms with Crippen molar-refractivity contribution in [3.63, 3.8) is 0 Å². The van der Waals surface area contributed by atoms with Crippen molar-refractivity contribution in [1.82, 2.24) is 14.9 Å². The summed E-state index contributed by atoms with van der Waals surface area (Å²) >= 11 is 0. The van der Waals surface area contributed by atoms with Crippen molar-refractivity contribution in [3.8, 4) is 0 Å². The van der Waals surface area contributed by atoms with Gasteiger partial charge >= 0.3 is 6.09 Å². The summed E-state index contributed by atoms with van der Waals surface area (Å²) in [5.74, 6) is -0.775. The fraction of sp³-hybridized carbons (Fsp3) is 0.652. The van der Waals surface area contributed by atoms with E-state index in [9.17, 15) is 4.79 Å². The van der Waals surface area contributed by atoms with Gasteiger partial charge in [0, 0.05) is 42.6 Å². The molecule has 0 radical (unpaired) electrons. The van der Waals surface area contributed by atoms with Gasteiger partial charge in [-0.1, -0.05) is 0 Å². The topological polar surface area (TPSA) is 76.7 Å². The predicted molar refractivity (Wildman–Crippen MR) is 112 cm³/mol. The molecule has 7 nitrogen and oxygen atoms in total. The van der Waals surface area contributed by atoms with Gasteiger partial charge in [0.2, 0.25) is 0 Å². The molecule has 0 atom stereocenters. The Bertz CT molecular complexity index is 998. The van der Waals surface area contributed by atoms with Gasteiger partial charge < -0.3 is 24.1 Å². The molecule has 2 aromatic rings. The summed E-state index contributed by atoms with van der Waals surface area (Å²) in [6, 6.07) is 0. The molecule has 0 saturated carbocycles. The highest BCUT2D eigenvalue weighted by molar-refractivity contribution is 5.86. The minimum atomic E-state index is -0.550. The van der Waals surface area contributed by atoms with Crippen LogP contribution in [0.3, 0.4) is 0 Å². The van der Waals surface area contributed by atoms with E-state index < -0.39 is 11.4 Å². The molecule has 0 unspecified atom stereocenters. The van der Waals surface area contributed by atoms with E-state index in [-0.39, 0.29) is 17.8 Å². The number of fused-ring (bicyclic) bond motifs is 3. The first kappa shape index (κ1) is 20.7. The maximum absolute atomic E-state index is 15.1. The number of ether oxygens (including phenoxy) is 3. The van der Waals surface area contributed by atoms with E-state index >= 15 is 4.39 Å². The number of likely N-dealkylation sites (tertiary alicyclic amines) is 1. The summed E-state index contributed by atoms with van der Waals surface area (Å²) in [4.78, 5) is 21.9. The zero-order chi connectivity index (χ0) is 21.8. The summed E-state index contributed by atoms with van der Waals surface area (Å²) in [6.07, 6.45) is 4.59. The number of aryl methyl sites for hydroxylation is 1. The number of hydrogen-bond acceptors (Lipinski definition) is 5. The molecule has 31 heavy (non-hydrogen) atoms. The lowest BCUT2D eigenvalue weighted by Crippen LogP contribution is -2.41. The number of aromatic nitrogens is 2. The van der Waals surface area contributed by atoms with Crippen molar-refractivity contribution < 1.29 is 23.4 Å². The standard InChI is InChI=1S/C23H30FN3O4/c1-22(2,3)31-21(28)27-8-5-14(6-9-27)18-16(24)13-25-20-19(18)15-4-7-23(12-17(15)26-20)29-10-11-30-23/h13-14H,4-12H2,1-3H3,(H,25,26). The van der Waals surface area contributed by atoms with Gasteiger partial charge in [-0.25, -0.2) is 14.2 Å². The Morgan fingerprint density at radius 2 is 2.00 bits per heavy atom. The number of rotatable bonds is 1. The van der Waals surface area contributed by atoms with Crippen molar-refractivity contribution in [3.05, 3.63) is 28.8 Å². The predicted octanol–water partition coefficient (Wildman–Crippen LogP) is 4.05. The third-order valence-corrected chi connectivity index (χ3v) is 6.58. The molecule has 0 bridgehead atoms. The van der Waals surface area contributed by atoms with E-state index in [2.05, 4.69) is 9.97 Å². The summed E-state index contributed by atoms with van der Waals surface area (Å²) in [5, 5.41) is 0.915. The maximum Gasteiger partial charge on any atom is 0.410 e. The number of carbonyl (C=O) groups excluding carboxylic acids is 1. The van der Waals surface area contributed by atoms with Crippen LogP contribution in [0.1, 0.15) is 62.8 Å². The summed E-state index contributed by atoms with van der Waals surface area (Å²) in [5.41, 5.74) is 3.11. The highest BCUT2D eigenvalue weighted by Gasteiger charge is 2.42. The molecule has 2 fully saturated rings. The number of aromatic amines is 1. The molecule has 1 N–H and O–H groups in total. The molecular weight excluding hydrogens is 401 g/mol. The van der Waals surface area contributed by atoms with Crippen molar-refractivity contribution in [2.45, 2.75) is 70.2 Å². The lowest BCUT2D eigenvalue weighted by molar-refractivity contribution is -0.164. The van der Waals surface area contributed by atoms with Gasteiger partial charge in [-0.15, -0.1) is 0 Å². The summed E-state index contributed by atoms with van der Waals surface area (Å²) < 4.78 is 32.4. The largest absolute Gasteiger partial charge is 0.444 e. The lowest BCUT2D eigenvalue weighted by atomic mass is 9.84. The number of nitrogens with one attached hydrogen (secondary N) is 1. The fourth-order valence-electron chi connectivity index (χ4n) is 5.19. The first-order valence-corrected chi connectivity index (χ1v) is 11.2. The number of piperidine rings is 1. The third kappa shape index (κ3) is 3.80. The Morgan fingerprint density at radius 3 is 2.68 bits per heavy atom. The van der Waals surface area contributed by atoms with Crippen LogP contribution in [0.2, 0.25) is 0 Å². The number of H-pyrrole nitrogens is 1. The van der Waals surface area contributed by atoms with Crippen LogP contribution in [0.4, 0.5) is 9.18 Å². The number of halogens is 1. The SMILES string of the molecule is CC(C)(C)OC(=O)N1CCC(c2c(F)cnc3[nH]c4c(c23)CCC2(C4)OCCO2)CC1. The molecule has 5 rings (SSSR count). The zero-order valence-corrected chi connectivity index (χ0v) is 18.4. The number of carbonyl (C=O) groups is 1. The van der Waals surface area contributed by atoms with E-state index in [1.165, 1.54) is 6.20 Å². The molecule has 2 saturated heterocycles. The van der Waals surface area contributed by atoms with Gasteiger partial charge in [0.1, 0.15) is 17.1 Å². The van der Waals surface area contributed by atoms with Crippen molar-refractivity contribution in [1.29, 1.82) is 0 Å². The Balaban J connectivity index is 1.40. The van der Waals surface area contributed by atoms with Crippen LogP contribution < -0.4 is 0 Å². The van der Waals surface area contributed by atoms with Crippen LogP contribution in [-0.2, 0) is 27.1 Å². The molecule has 168 valence electrons. The lowest BCUT2D eigenvalue weighted by Gasteiger charge is -2.34. The number of pyridine rings is 1. The Kier molecular flexibility index (Phi) is 4.97. The van der Waals surface area contributed by atoms with Gasteiger partial charge in [-0.3, -0.25) is 0 Å². The van der Waals surface area contributed by atoms with E-state index in [1.807, 2.05) is 20.8 Å². The molecule has 1 spiro atoms. The first-order valence-electron chi connectivity index (χ1n) is 11.2. The van der Waals surface area contributed by atoms with Crippen LogP contribution in [-0.4, -0.2) is 58.7 Å². The number of amides is 1. The molecule has 2 aliphatic heterocycles. The normalized spacial score (nSPS) is 21.6. The van der Waals surface area contributed by atoms with E-state index in [1.54, 1.807) is 4.90 Å². The fourth-order valence-corrected chi connectivity index (χ4v) is 5.19. The highest BCUT2D eigenvalue weighted by atomic mass is 19.1. The number of hydrogen-bond donors (Lipinski definition) is 1. The van der Waals surface area contributed by atoms with Crippen molar-refractivity contribution >= 4 is 17.1 Å². The Labute approximate surface area is 181 Å². The number of nitrogens with zero attached hydrogens (tertiary/aromatic N) is 2. The summed E-state index contributed by atoms with van der Waals surface area (Å²) in [7, 11) is 0. The van der Waals surface area contributed by atoms with Gasteiger partial charge in [0.25, 0.3) is 0 Å². The molecule has 0 aromatic carbocycles. The van der Waals surface area contributed by atoms with E-state index in [4.69, 9.17) is 14.2 Å². The minimum Gasteiger partial charge on any atom is -0.444 e. The van der Waals surface area contributed by atoms with Crippen LogP contribution >= 0.6 is 0 Å². The molecular formula is C23H30FN3O4. The first-order chi connectivity index (χ1) is 14.7. The van der Waals surface area contributed by atoms with Crippen LogP contribution in [0.25, 0.3) is 11.0 Å². The molecule has 1 amide bonds. The van der Waals surface area contributed by atoms with E-state index in [0.717, 1.165) is 40.7 Å². The Morgan fingerprint density at radius 1 is 1.29 bits per heavy atom. The maximum atomic E-state index is 15.1. The van der Waals surface area contributed by atoms with Crippen LogP contribution in [0.15, 0.2) is 6.20 Å². The molecule has 4 heterocycles.